The summed E-state index contributed by atoms with van der Waals surface area (Å²) in [5.41, 5.74) is 3.03. The summed E-state index contributed by atoms with van der Waals surface area (Å²) in [7, 11) is 1.64. The lowest BCUT2D eigenvalue weighted by atomic mass is 10.0. The van der Waals surface area contributed by atoms with Crippen molar-refractivity contribution in [2.24, 2.45) is 4.99 Å². The number of aliphatic imine (C=N–C) groups is 1. The Kier molecular flexibility index (Phi) is 7.43. The van der Waals surface area contributed by atoms with Crippen molar-refractivity contribution in [3.8, 4) is 11.5 Å². The third-order valence-electron chi connectivity index (χ3n) is 5.16. The molecule has 0 aromatic heterocycles. The van der Waals surface area contributed by atoms with Gasteiger partial charge >= 0.3 is 0 Å². The van der Waals surface area contributed by atoms with Crippen LogP contribution >= 0.6 is 11.8 Å². The molecule has 1 aliphatic heterocycles. The van der Waals surface area contributed by atoms with Crippen molar-refractivity contribution in [3.63, 3.8) is 0 Å². The Balaban J connectivity index is 1.78. The van der Waals surface area contributed by atoms with Gasteiger partial charge in [0, 0.05) is 11.8 Å². The van der Waals surface area contributed by atoms with Gasteiger partial charge in [-0.25, -0.2) is 4.99 Å². The summed E-state index contributed by atoms with van der Waals surface area (Å²) in [5.74, 6) is 2.68. The molecule has 160 valence electrons. The van der Waals surface area contributed by atoms with Crippen molar-refractivity contribution in [2.75, 3.05) is 19.5 Å². The quantitative estimate of drug-likeness (QED) is 0.583. The number of hydrogen-bond donors (Lipinski definition) is 0. The number of amides is 1. The van der Waals surface area contributed by atoms with E-state index in [9.17, 15) is 4.79 Å². The van der Waals surface area contributed by atoms with Crippen LogP contribution in [-0.4, -0.2) is 41.5 Å². The molecule has 2 aromatic rings. The molecule has 0 bridgehead atoms. The number of thioether (sulfide) groups is 1. The predicted octanol–water partition coefficient (Wildman–Crippen LogP) is 5.55. The van der Waals surface area contributed by atoms with Gasteiger partial charge in [-0.1, -0.05) is 44.7 Å². The van der Waals surface area contributed by atoms with E-state index in [-0.39, 0.29) is 18.6 Å². The maximum atomic E-state index is 13.1. The second-order valence-electron chi connectivity index (χ2n) is 7.71. The van der Waals surface area contributed by atoms with Crippen LogP contribution in [0.15, 0.2) is 47.5 Å². The first-order chi connectivity index (χ1) is 14.4. The number of methoxy groups -OCH3 is 1. The van der Waals surface area contributed by atoms with Gasteiger partial charge in [0.05, 0.1) is 12.8 Å². The molecule has 1 saturated heterocycles. The molecule has 1 atom stereocenters. The Morgan fingerprint density at radius 2 is 1.97 bits per heavy atom. The highest BCUT2D eigenvalue weighted by molar-refractivity contribution is 8.14. The van der Waals surface area contributed by atoms with E-state index in [1.807, 2.05) is 37.3 Å². The minimum atomic E-state index is -0.0599. The van der Waals surface area contributed by atoms with Crippen LogP contribution in [0.4, 0.5) is 5.69 Å². The topological polar surface area (TPSA) is 51.1 Å². The van der Waals surface area contributed by atoms with Gasteiger partial charge in [0.25, 0.3) is 5.91 Å². The summed E-state index contributed by atoms with van der Waals surface area (Å²) in [4.78, 5) is 19.7. The molecule has 0 saturated carbocycles. The second kappa shape index (κ2) is 10.0. The average molecular weight is 427 g/mol. The molecular weight excluding hydrogens is 396 g/mol. The molecule has 0 aliphatic carbocycles. The number of nitrogens with zero attached hydrogens (tertiary/aromatic N) is 2. The highest BCUT2D eigenvalue weighted by Gasteiger charge is 2.34. The van der Waals surface area contributed by atoms with Crippen LogP contribution in [0.25, 0.3) is 0 Å². The minimum Gasteiger partial charge on any atom is -0.497 e. The normalized spacial score (nSPS) is 17.6. The number of ether oxygens (including phenoxy) is 2. The number of benzene rings is 2. The fraction of sp³-hybridized carbons (Fsp3) is 0.417. The predicted molar refractivity (Wildman–Crippen MR) is 124 cm³/mol. The van der Waals surface area contributed by atoms with Crippen LogP contribution in [0.1, 0.15) is 44.2 Å². The number of amidine groups is 1. The smallest absolute Gasteiger partial charge is 0.266 e. The standard InChI is InChI=1S/C24H30N2O3S/c1-6-19-15-30-24(25-18-8-10-20(28-5)11-9-18)26(19)23(27)14-29-22-13-17(4)7-12-21(22)16(2)3/h7-13,16,19H,6,14-15H2,1-5H3/t19-/m1/s1. The first kappa shape index (κ1) is 22.2. The van der Waals surface area contributed by atoms with E-state index in [0.29, 0.717) is 5.92 Å². The van der Waals surface area contributed by atoms with E-state index >= 15 is 0 Å². The Hall–Kier alpha value is -2.47. The van der Waals surface area contributed by atoms with Crippen LogP contribution in [0, 0.1) is 6.92 Å². The molecule has 5 nitrogen and oxygen atoms in total. The zero-order chi connectivity index (χ0) is 21.7. The third-order valence-corrected chi connectivity index (χ3v) is 6.25. The van der Waals surface area contributed by atoms with Gasteiger partial charge in [-0.05, 0) is 60.7 Å². The summed E-state index contributed by atoms with van der Waals surface area (Å²) in [6.07, 6.45) is 0.877. The zero-order valence-electron chi connectivity index (χ0n) is 18.3. The SMILES string of the molecule is CC[C@@H]1CSC(=Nc2ccc(OC)cc2)N1C(=O)COc1cc(C)ccc1C(C)C. The molecule has 1 aliphatic rings. The largest absolute Gasteiger partial charge is 0.497 e. The molecule has 2 aromatic carbocycles. The lowest BCUT2D eigenvalue weighted by Gasteiger charge is -2.23. The first-order valence-electron chi connectivity index (χ1n) is 10.3. The molecule has 0 radical (unpaired) electrons. The van der Waals surface area contributed by atoms with Gasteiger partial charge in [-0.2, -0.15) is 0 Å². The van der Waals surface area contributed by atoms with E-state index in [1.54, 1.807) is 23.8 Å². The van der Waals surface area contributed by atoms with Gasteiger partial charge < -0.3 is 9.47 Å². The first-order valence-corrected chi connectivity index (χ1v) is 11.3. The van der Waals surface area contributed by atoms with E-state index < -0.39 is 0 Å². The number of aryl methyl sites for hydroxylation is 1. The molecule has 3 rings (SSSR count). The summed E-state index contributed by atoms with van der Waals surface area (Å²) < 4.78 is 11.2. The fourth-order valence-electron chi connectivity index (χ4n) is 3.39. The summed E-state index contributed by atoms with van der Waals surface area (Å²) >= 11 is 1.62. The maximum absolute atomic E-state index is 13.1. The van der Waals surface area contributed by atoms with E-state index in [4.69, 9.17) is 14.5 Å². The van der Waals surface area contributed by atoms with Crippen LogP contribution in [0.3, 0.4) is 0 Å². The van der Waals surface area contributed by atoms with Crippen molar-refractivity contribution >= 4 is 28.5 Å². The Morgan fingerprint density at radius 1 is 1.23 bits per heavy atom. The molecule has 0 unspecified atom stereocenters. The lowest BCUT2D eigenvalue weighted by molar-refractivity contribution is -0.130. The van der Waals surface area contributed by atoms with Gasteiger partial charge in [0.2, 0.25) is 0 Å². The zero-order valence-corrected chi connectivity index (χ0v) is 19.2. The molecule has 6 heteroatoms. The Bertz CT molecular complexity index is 909. The summed E-state index contributed by atoms with van der Waals surface area (Å²) in [5, 5.41) is 0.731. The van der Waals surface area contributed by atoms with Crippen LogP contribution in [0.5, 0.6) is 11.5 Å². The number of carbonyl (C=O) groups is 1. The lowest BCUT2D eigenvalue weighted by Crippen LogP contribution is -2.41. The van der Waals surface area contributed by atoms with E-state index in [2.05, 4.69) is 32.9 Å². The molecule has 1 heterocycles. The van der Waals surface area contributed by atoms with E-state index in [1.165, 1.54) is 0 Å². The summed E-state index contributed by atoms with van der Waals surface area (Å²) in [6, 6.07) is 13.8. The van der Waals surface area contributed by atoms with Gasteiger partial charge in [-0.3, -0.25) is 9.69 Å². The van der Waals surface area contributed by atoms with Gasteiger partial charge in [-0.15, -0.1) is 0 Å². The summed E-state index contributed by atoms with van der Waals surface area (Å²) in [6.45, 7) is 8.39. The molecule has 1 fully saturated rings. The highest BCUT2D eigenvalue weighted by atomic mass is 32.2. The molecule has 1 amide bonds. The van der Waals surface area contributed by atoms with Crippen LogP contribution < -0.4 is 9.47 Å². The number of carbonyl (C=O) groups excluding carboxylic acids is 1. The number of rotatable bonds is 7. The molecule has 0 N–H and O–H groups in total. The van der Waals surface area contributed by atoms with Crippen molar-refractivity contribution in [3.05, 3.63) is 53.6 Å². The van der Waals surface area contributed by atoms with Gasteiger partial charge in [0.1, 0.15) is 11.5 Å². The van der Waals surface area contributed by atoms with Crippen LogP contribution in [0.2, 0.25) is 0 Å². The molecule has 30 heavy (non-hydrogen) atoms. The monoisotopic (exact) mass is 426 g/mol. The molecular formula is C24H30N2O3S. The number of hydrogen-bond acceptors (Lipinski definition) is 5. The molecule has 0 spiro atoms. The highest BCUT2D eigenvalue weighted by Crippen LogP contribution is 2.31. The van der Waals surface area contributed by atoms with Crippen molar-refractivity contribution in [1.29, 1.82) is 0 Å². The fourth-order valence-corrected chi connectivity index (χ4v) is 4.67. The van der Waals surface area contributed by atoms with Crippen molar-refractivity contribution in [2.45, 2.75) is 46.1 Å². The second-order valence-corrected chi connectivity index (χ2v) is 8.70. The third kappa shape index (κ3) is 5.17. The Morgan fingerprint density at radius 3 is 2.60 bits per heavy atom. The maximum Gasteiger partial charge on any atom is 0.266 e. The minimum absolute atomic E-state index is 0.00185. The van der Waals surface area contributed by atoms with Crippen molar-refractivity contribution in [1.82, 2.24) is 4.90 Å². The van der Waals surface area contributed by atoms with Gasteiger partial charge in [0.15, 0.2) is 11.8 Å². The Labute approximate surface area is 183 Å². The van der Waals surface area contributed by atoms with E-state index in [0.717, 1.165) is 45.7 Å². The van der Waals surface area contributed by atoms with Crippen molar-refractivity contribution < 1.29 is 14.3 Å². The average Bonchev–Trinajstić information content (AvgIpc) is 3.15. The van der Waals surface area contributed by atoms with Crippen LogP contribution in [-0.2, 0) is 4.79 Å².